The molecular formula is C20H20NO5. The average molecular weight is 354 g/mol. The first-order valence-electron chi connectivity index (χ1n) is 8.30. The molecule has 1 heterocycles. The van der Waals surface area contributed by atoms with Gasteiger partial charge in [0.2, 0.25) is 0 Å². The van der Waals surface area contributed by atoms with Crippen LogP contribution in [0.1, 0.15) is 29.6 Å². The van der Waals surface area contributed by atoms with Crippen LogP contribution in [0.15, 0.2) is 55.3 Å². The van der Waals surface area contributed by atoms with Gasteiger partial charge in [-0.25, -0.2) is 14.7 Å². The topological polar surface area (TPSA) is 85.4 Å². The maximum Gasteiger partial charge on any atom is 0.386 e. The summed E-state index contributed by atoms with van der Waals surface area (Å²) in [6.07, 6.45) is 5.30. The zero-order chi connectivity index (χ0) is 18.8. The Kier molecular flexibility index (Phi) is 7.36. The fourth-order valence-corrected chi connectivity index (χ4v) is 2.22. The van der Waals surface area contributed by atoms with Crippen molar-refractivity contribution in [1.29, 1.82) is 0 Å². The van der Waals surface area contributed by atoms with Crippen LogP contribution >= 0.6 is 0 Å². The van der Waals surface area contributed by atoms with Crippen LogP contribution in [0.25, 0.3) is 11.3 Å². The molecule has 0 saturated heterocycles. The monoisotopic (exact) mass is 354 g/mol. The van der Waals surface area contributed by atoms with Crippen molar-refractivity contribution in [2.24, 2.45) is 0 Å². The highest BCUT2D eigenvalue weighted by molar-refractivity contribution is 5.87. The second kappa shape index (κ2) is 9.98. The van der Waals surface area contributed by atoms with Gasteiger partial charge in [-0.1, -0.05) is 18.7 Å². The first-order valence-corrected chi connectivity index (χ1v) is 8.30. The number of esters is 1. The Morgan fingerprint density at radius 1 is 1.00 bits per heavy atom. The molecule has 26 heavy (non-hydrogen) atoms. The third-order valence-corrected chi connectivity index (χ3v) is 3.62. The minimum Gasteiger partial charge on any atom is -0.492 e. The number of unbranched alkanes of at least 4 members (excludes halogenated alkanes) is 2. The van der Waals surface area contributed by atoms with Gasteiger partial charge in [-0.2, -0.15) is 0 Å². The lowest BCUT2D eigenvalue weighted by Gasteiger charge is -2.07. The molecule has 0 aliphatic rings. The van der Waals surface area contributed by atoms with Crippen molar-refractivity contribution in [2.45, 2.75) is 19.3 Å². The van der Waals surface area contributed by atoms with Gasteiger partial charge in [-0.05, 0) is 43.5 Å². The van der Waals surface area contributed by atoms with Crippen molar-refractivity contribution in [2.75, 3.05) is 13.2 Å². The van der Waals surface area contributed by atoms with Crippen molar-refractivity contribution in [3.05, 3.63) is 60.8 Å². The van der Waals surface area contributed by atoms with E-state index in [-0.39, 0.29) is 5.56 Å². The molecule has 1 aromatic heterocycles. The first-order chi connectivity index (χ1) is 12.6. The van der Waals surface area contributed by atoms with Gasteiger partial charge >= 0.3 is 11.9 Å². The lowest BCUT2D eigenvalue weighted by atomic mass is 10.1. The number of hydrogen-bond donors (Lipinski definition) is 0. The van der Waals surface area contributed by atoms with E-state index in [1.54, 1.807) is 18.3 Å². The number of benzene rings is 1. The Balaban J connectivity index is 1.73. The molecule has 0 spiro atoms. The predicted molar refractivity (Wildman–Crippen MR) is 95.2 cm³/mol. The quantitative estimate of drug-likeness (QED) is 0.370. The third-order valence-electron chi connectivity index (χ3n) is 3.62. The Morgan fingerprint density at radius 2 is 1.73 bits per heavy atom. The summed E-state index contributed by atoms with van der Waals surface area (Å²) in [5.74, 6) is -0.938. The minimum atomic E-state index is -1.20. The van der Waals surface area contributed by atoms with Gasteiger partial charge in [0.25, 0.3) is 0 Å². The molecule has 0 aliphatic carbocycles. The molecule has 2 rings (SSSR count). The van der Waals surface area contributed by atoms with Gasteiger partial charge in [0, 0.05) is 11.6 Å². The van der Waals surface area contributed by atoms with Gasteiger partial charge < -0.3 is 9.47 Å². The van der Waals surface area contributed by atoms with Crippen LogP contribution in [0.5, 0.6) is 5.75 Å². The number of rotatable bonds is 10. The number of pyridine rings is 1. The molecule has 1 aromatic carbocycles. The van der Waals surface area contributed by atoms with Crippen LogP contribution in [0.4, 0.5) is 0 Å². The maximum atomic E-state index is 10.9. The Morgan fingerprint density at radius 3 is 2.35 bits per heavy atom. The second-order valence-electron chi connectivity index (χ2n) is 5.52. The molecule has 6 nitrogen and oxygen atoms in total. The second-order valence-corrected chi connectivity index (χ2v) is 5.52. The third kappa shape index (κ3) is 6.05. The molecule has 0 saturated carbocycles. The van der Waals surface area contributed by atoms with E-state index < -0.39 is 11.9 Å². The van der Waals surface area contributed by atoms with Crippen LogP contribution in [0, 0.1) is 0 Å². The Labute approximate surface area is 152 Å². The standard InChI is InChI=1S/C20H20NO5/c1-2-19(22)26-13-5-3-4-12-25-17-10-11-18(21-14-17)15-6-8-16(9-7-15)20(23)24/h2,6-11,14H,1,3-5,12-13H2. The van der Waals surface area contributed by atoms with Crippen LogP contribution < -0.4 is 4.74 Å². The van der Waals surface area contributed by atoms with Gasteiger partial charge in [0.1, 0.15) is 5.75 Å². The van der Waals surface area contributed by atoms with Crippen molar-refractivity contribution in [3.63, 3.8) is 0 Å². The van der Waals surface area contributed by atoms with Crippen LogP contribution in [0.3, 0.4) is 0 Å². The first kappa shape index (κ1) is 19.2. The summed E-state index contributed by atoms with van der Waals surface area (Å²) in [7, 11) is 0. The highest BCUT2D eigenvalue weighted by atomic mass is 16.5. The largest absolute Gasteiger partial charge is 0.492 e. The summed E-state index contributed by atoms with van der Waals surface area (Å²) >= 11 is 0. The van der Waals surface area contributed by atoms with E-state index in [0.717, 1.165) is 36.6 Å². The highest BCUT2D eigenvalue weighted by Crippen LogP contribution is 2.20. The van der Waals surface area contributed by atoms with E-state index in [1.807, 2.05) is 12.1 Å². The van der Waals surface area contributed by atoms with Gasteiger partial charge in [-0.3, -0.25) is 4.98 Å². The van der Waals surface area contributed by atoms with E-state index in [4.69, 9.17) is 9.47 Å². The summed E-state index contributed by atoms with van der Waals surface area (Å²) in [6, 6.07) is 9.99. The number of carbonyl (C=O) groups excluding carboxylic acids is 2. The molecule has 1 radical (unpaired) electrons. The maximum absolute atomic E-state index is 10.9. The van der Waals surface area contributed by atoms with E-state index >= 15 is 0 Å². The zero-order valence-electron chi connectivity index (χ0n) is 14.3. The molecule has 0 N–H and O–H groups in total. The fraction of sp³-hybridized carbons (Fsp3) is 0.250. The molecule has 0 fully saturated rings. The lowest BCUT2D eigenvalue weighted by Crippen LogP contribution is -2.03. The highest BCUT2D eigenvalue weighted by Gasteiger charge is 2.06. The zero-order valence-corrected chi connectivity index (χ0v) is 14.3. The van der Waals surface area contributed by atoms with E-state index in [1.165, 1.54) is 12.1 Å². The molecule has 0 amide bonds. The van der Waals surface area contributed by atoms with E-state index in [0.29, 0.717) is 19.0 Å². The average Bonchev–Trinajstić information content (AvgIpc) is 2.67. The van der Waals surface area contributed by atoms with Crippen LogP contribution in [-0.2, 0) is 14.6 Å². The van der Waals surface area contributed by atoms with Gasteiger partial charge in [0.15, 0.2) is 0 Å². The SMILES string of the molecule is C=CC(=O)OCCCCCOc1ccc(-c2ccc(C([O])=O)cc2)nc1. The van der Waals surface area contributed by atoms with Crippen molar-refractivity contribution < 1.29 is 24.2 Å². The molecule has 0 aliphatic heterocycles. The minimum absolute atomic E-state index is 0.132. The molecule has 6 heteroatoms. The smallest absolute Gasteiger partial charge is 0.386 e. The Bertz CT molecular complexity index is 738. The molecule has 0 atom stereocenters. The van der Waals surface area contributed by atoms with Crippen molar-refractivity contribution >= 4 is 11.9 Å². The van der Waals surface area contributed by atoms with Gasteiger partial charge in [-0.15, -0.1) is 0 Å². The Hall–Kier alpha value is -3.15. The molecule has 2 aromatic rings. The molecule has 135 valence electrons. The van der Waals surface area contributed by atoms with Crippen molar-refractivity contribution in [1.82, 2.24) is 4.98 Å². The molecular weight excluding hydrogens is 334 g/mol. The van der Waals surface area contributed by atoms with E-state index in [2.05, 4.69) is 11.6 Å². The number of aromatic nitrogens is 1. The molecule has 0 unspecified atom stereocenters. The van der Waals surface area contributed by atoms with Crippen LogP contribution in [0.2, 0.25) is 0 Å². The lowest BCUT2D eigenvalue weighted by molar-refractivity contribution is -0.137. The summed E-state index contributed by atoms with van der Waals surface area (Å²) in [6.45, 7) is 4.27. The number of carbonyl (C=O) groups is 2. The summed E-state index contributed by atoms with van der Waals surface area (Å²) in [4.78, 5) is 25.9. The van der Waals surface area contributed by atoms with E-state index in [9.17, 15) is 14.7 Å². The normalized spacial score (nSPS) is 10.2. The van der Waals surface area contributed by atoms with Crippen LogP contribution in [-0.4, -0.2) is 30.1 Å². The summed E-state index contributed by atoms with van der Waals surface area (Å²) < 4.78 is 10.5. The number of hydrogen-bond acceptors (Lipinski definition) is 5. The summed E-state index contributed by atoms with van der Waals surface area (Å²) in [5, 5.41) is 10.8. The predicted octanol–water partition coefficient (Wildman–Crippen LogP) is 3.60. The van der Waals surface area contributed by atoms with Crippen molar-refractivity contribution in [3.8, 4) is 17.0 Å². The number of nitrogens with zero attached hydrogens (tertiary/aromatic N) is 1. The van der Waals surface area contributed by atoms with Gasteiger partial charge in [0.05, 0.1) is 30.7 Å². The fourth-order valence-electron chi connectivity index (χ4n) is 2.22. The number of ether oxygens (including phenoxy) is 2. The summed E-state index contributed by atoms with van der Waals surface area (Å²) in [5.41, 5.74) is 1.68. The molecule has 0 bridgehead atoms.